The third kappa shape index (κ3) is 5.33. The standard InChI is InChI=1S/C60H42N2OSi/c1-64(2)56-30-14-11-23-45(56)47-25-16-28-54(60(47)64)62(50-26-12-9-21-43(50)39-17-5-3-6-18-39)52-38-34-41-31-35-48-51(37-33-40-32-36-49(52)58(41)57(40)48)61(42-19-7-4-8-20-42)53-27-15-24-46-44-22-10-13-29-55(44)63-59(46)53/h3-38H,1-2H3. The fourth-order valence-electron chi connectivity index (χ4n) is 11.0. The first-order valence-electron chi connectivity index (χ1n) is 22.2. The highest BCUT2D eigenvalue weighted by Crippen LogP contribution is 2.50. The summed E-state index contributed by atoms with van der Waals surface area (Å²) in [6.45, 7) is 5.05. The Bertz CT molecular complexity index is 3780. The molecule has 11 aromatic carbocycles. The van der Waals surface area contributed by atoms with E-state index in [2.05, 4.69) is 235 Å². The van der Waals surface area contributed by atoms with Crippen LogP contribution < -0.4 is 20.2 Å². The minimum absolute atomic E-state index is 0.872. The number of furan rings is 1. The van der Waals surface area contributed by atoms with Crippen molar-refractivity contribution in [2.45, 2.75) is 13.1 Å². The molecule has 1 aliphatic rings. The maximum absolute atomic E-state index is 6.72. The molecule has 0 bridgehead atoms. The van der Waals surface area contributed by atoms with Crippen LogP contribution in [0.25, 0.3) is 76.5 Å². The number of anilines is 6. The molecule has 0 spiro atoms. The van der Waals surface area contributed by atoms with Crippen LogP contribution in [0.15, 0.2) is 223 Å². The van der Waals surface area contributed by atoms with E-state index in [1.807, 2.05) is 6.07 Å². The van der Waals surface area contributed by atoms with Crippen LogP contribution in [0, 0.1) is 0 Å². The van der Waals surface area contributed by atoms with Crippen LogP contribution in [0.4, 0.5) is 34.1 Å². The largest absolute Gasteiger partial charge is 0.454 e. The van der Waals surface area contributed by atoms with Gasteiger partial charge in [-0.25, -0.2) is 0 Å². The SMILES string of the molecule is C[Si]1(C)c2ccccc2-c2cccc(N(c3ccccc3-c3ccccc3)c3ccc4ccc5c(N(c6ccccc6)c6cccc7c6oc6ccccc67)ccc6ccc3c4c65)c21. The van der Waals surface area contributed by atoms with Gasteiger partial charge < -0.3 is 14.2 Å². The number of fused-ring (bicyclic) bond motifs is 6. The molecule has 0 unspecified atom stereocenters. The summed E-state index contributed by atoms with van der Waals surface area (Å²) in [5, 5.41) is 12.5. The van der Waals surface area contributed by atoms with E-state index >= 15 is 0 Å². The smallest absolute Gasteiger partial charge is 0.159 e. The van der Waals surface area contributed by atoms with Crippen molar-refractivity contribution in [1.82, 2.24) is 0 Å². The molecule has 0 atom stereocenters. The van der Waals surface area contributed by atoms with Gasteiger partial charge in [0.2, 0.25) is 0 Å². The van der Waals surface area contributed by atoms with Crippen LogP contribution >= 0.6 is 0 Å². The lowest BCUT2D eigenvalue weighted by molar-refractivity contribution is 0.669. The highest BCUT2D eigenvalue weighted by molar-refractivity contribution is 7.04. The molecular formula is C60H42N2OSi. The number of benzene rings is 11. The lowest BCUT2D eigenvalue weighted by atomic mass is 9.91. The predicted molar refractivity (Wildman–Crippen MR) is 274 cm³/mol. The molecule has 0 radical (unpaired) electrons. The van der Waals surface area contributed by atoms with Gasteiger partial charge in [-0.2, -0.15) is 0 Å². The Morgan fingerprint density at radius 1 is 0.359 bits per heavy atom. The Hall–Kier alpha value is -7.92. The van der Waals surface area contributed by atoms with Crippen molar-refractivity contribution in [3.05, 3.63) is 218 Å². The zero-order valence-electron chi connectivity index (χ0n) is 35.6. The molecular weight excluding hydrogens is 793 g/mol. The van der Waals surface area contributed by atoms with Gasteiger partial charge in [-0.1, -0.05) is 183 Å². The molecule has 0 saturated carbocycles. The van der Waals surface area contributed by atoms with Crippen LogP contribution in [-0.4, -0.2) is 8.07 Å². The van der Waals surface area contributed by atoms with Gasteiger partial charge in [0.05, 0.1) is 22.7 Å². The Morgan fingerprint density at radius 2 is 0.906 bits per heavy atom. The van der Waals surface area contributed by atoms with Crippen molar-refractivity contribution in [2.24, 2.45) is 0 Å². The molecule has 0 amide bonds. The second-order valence-corrected chi connectivity index (χ2v) is 21.9. The lowest BCUT2D eigenvalue weighted by Gasteiger charge is -2.34. The van der Waals surface area contributed by atoms with Crippen LogP contribution in [0.2, 0.25) is 13.1 Å². The molecule has 2 heterocycles. The summed E-state index contributed by atoms with van der Waals surface area (Å²) in [6.07, 6.45) is 0. The van der Waals surface area contributed by atoms with Crippen molar-refractivity contribution in [3.63, 3.8) is 0 Å². The molecule has 0 N–H and O–H groups in total. The highest BCUT2D eigenvalue weighted by Gasteiger charge is 2.41. The van der Waals surface area contributed by atoms with Crippen molar-refractivity contribution in [3.8, 4) is 22.3 Å². The summed E-state index contributed by atoms with van der Waals surface area (Å²) in [5.74, 6) is 0. The van der Waals surface area contributed by atoms with Gasteiger partial charge >= 0.3 is 0 Å². The maximum atomic E-state index is 6.72. The van der Waals surface area contributed by atoms with Crippen LogP contribution in [-0.2, 0) is 0 Å². The number of nitrogens with zero attached hydrogens (tertiary/aromatic N) is 2. The van der Waals surface area contributed by atoms with Crippen molar-refractivity contribution in [1.29, 1.82) is 0 Å². The predicted octanol–water partition coefficient (Wildman–Crippen LogP) is 15.9. The summed E-state index contributed by atoms with van der Waals surface area (Å²) in [6, 6.07) is 80.1. The van der Waals surface area contributed by atoms with E-state index in [-0.39, 0.29) is 0 Å². The third-order valence-electron chi connectivity index (χ3n) is 13.8. The van der Waals surface area contributed by atoms with Gasteiger partial charge in [-0.05, 0) is 97.1 Å². The summed E-state index contributed by atoms with van der Waals surface area (Å²) >= 11 is 0. The molecule has 0 fully saturated rings. The number of rotatable bonds is 7. The van der Waals surface area contributed by atoms with E-state index in [4.69, 9.17) is 4.42 Å². The van der Waals surface area contributed by atoms with Crippen LogP contribution in [0.5, 0.6) is 0 Å². The van der Waals surface area contributed by atoms with Gasteiger partial charge in [0, 0.05) is 38.5 Å². The lowest BCUT2D eigenvalue weighted by Crippen LogP contribution is -2.50. The van der Waals surface area contributed by atoms with Gasteiger partial charge in [-0.15, -0.1) is 0 Å². The number of para-hydroxylation sites is 4. The first kappa shape index (κ1) is 36.7. The minimum Gasteiger partial charge on any atom is -0.454 e. The molecule has 0 aliphatic carbocycles. The highest BCUT2D eigenvalue weighted by atomic mass is 28.3. The van der Waals surface area contributed by atoms with Crippen LogP contribution in [0.3, 0.4) is 0 Å². The van der Waals surface area contributed by atoms with E-state index < -0.39 is 8.07 Å². The van der Waals surface area contributed by atoms with Crippen LogP contribution in [0.1, 0.15) is 0 Å². The second kappa shape index (κ2) is 14.0. The third-order valence-corrected chi connectivity index (χ3v) is 17.3. The van der Waals surface area contributed by atoms with Gasteiger partial charge in [0.25, 0.3) is 0 Å². The molecule has 12 aromatic rings. The summed E-state index contributed by atoms with van der Waals surface area (Å²) in [5.41, 5.74) is 13.6. The van der Waals surface area contributed by atoms with Gasteiger partial charge in [-0.3, -0.25) is 0 Å². The first-order valence-corrected chi connectivity index (χ1v) is 25.2. The average Bonchev–Trinajstić information content (AvgIpc) is 3.85. The molecule has 1 aliphatic heterocycles. The van der Waals surface area contributed by atoms with E-state index in [0.717, 1.165) is 50.4 Å². The van der Waals surface area contributed by atoms with Crippen molar-refractivity contribution in [2.75, 3.05) is 9.80 Å². The van der Waals surface area contributed by atoms with E-state index in [0.29, 0.717) is 0 Å². The zero-order chi connectivity index (χ0) is 42.5. The normalized spacial score (nSPS) is 13.0. The van der Waals surface area contributed by atoms with E-state index in [9.17, 15) is 0 Å². The average molecular weight is 835 g/mol. The summed E-state index contributed by atoms with van der Waals surface area (Å²) in [7, 11) is -2.15. The molecule has 302 valence electrons. The molecule has 1 aromatic heterocycles. The second-order valence-electron chi connectivity index (χ2n) is 17.6. The minimum atomic E-state index is -2.15. The maximum Gasteiger partial charge on any atom is 0.159 e. The van der Waals surface area contributed by atoms with Crippen molar-refractivity contribution >= 4 is 107 Å². The van der Waals surface area contributed by atoms with Gasteiger partial charge in [0.1, 0.15) is 13.7 Å². The summed E-state index contributed by atoms with van der Waals surface area (Å²) in [4.78, 5) is 4.98. The monoisotopic (exact) mass is 834 g/mol. The summed E-state index contributed by atoms with van der Waals surface area (Å²) < 4.78 is 6.72. The Kier molecular flexibility index (Phi) is 8.06. The fourth-order valence-corrected chi connectivity index (χ4v) is 14.4. The molecule has 64 heavy (non-hydrogen) atoms. The zero-order valence-corrected chi connectivity index (χ0v) is 36.6. The quantitative estimate of drug-likeness (QED) is 0.118. The molecule has 4 heteroatoms. The molecule has 0 saturated heterocycles. The van der Waals surface area contributed by atoms with Gasteiger partial charge in [0.15, 0.2) is 5.58 Å². The Labute approximate surface area is 373 Å². The molecule has 3 nitrogen and oxygen atoms in total. The number of hydrogen-bond donors (Lipinski definition) is 0. The van der Waals surface area contributed by atoms with E-state index in [1.165, 1.54) is 70.6 Å². The molecule has 13 rings (SSSR count). The Balaban J connectivity index is 1.09. The first-order chi connectivity index (χ1) is 31.5. The fraction of sp³-hybridized carbons (Fsp3) is 0.0333. The van der Waals surface area contributed by atoms with Crippen molar-refractivity contribution < 1.29 is 4.42 Å². The topological polar surface area (TPSA) is 19.6 Å². The number of hydrogen-bond acceptors (Lipinski definition) is 3. The Morgan fingerprint density at radius 3 is 1.67 bits per heavy atom. The van der Waals surface area contributed by atoms with E-state index in [1.54, 1.807) is 0 Å².